The van der Waals surface area contributed by atoms with Crippen LogP contribution in [0.2, 0.25) is 0 Å². The van der Waals surface area contributed by atoms with Crippen LogP contribution in [0, 0.1) is 0 Å². The summed E-state index contributed by atoms with van der Waals surface area (Å²) in [6.07, 6.45) is 0. The molecule has 0 bridgehead atoms. The highest BCUT2D eigenvalue weighted by Crippen LogP contribution is 2.65. The summed E-state index contributed by atoms with van der Waals surface area (Å²) in [6, 6.07) is 105. The molecule has 1 heteroatoms. The van der Waals surface area contributed by atoms with Crippen molar-refractivity contribution in [2.45, 2.75) is 10.8 Å². The molecule has 1 spiro atoms. The maximum Gasteiger partial charge on any atom is 0.0720 e. The van der Waals surface area contributed by atoms with E-state index in [2.05, 4.69) is 290 Å². The fourth-order valence-corrected chi connectivity index (χ4v) is 12.0. The molecule has 0 aliphatic heterocycles. The van der Waals surface area contributed by atoms with Crippen molar-refractivity contribution in [1.29, 1.82) is 0 Å². The van der Waals surface area contributed by atoms with Crippen LogP contribution in [0.4, 0.5) is 17.1 Å². The standard InChI is InChI=1S/C68H47N/c1-5-20-48(21-6-1)49-36-38-50(39-37-49)51-40-44-56(45-41-51)69(55-26-11-4-12-27-55)57-46-42-52(43-47-57)58-29-19-35-65-66(58)59-28-13-14-30-60(59)68(65)63-33-17-15-31-61(63)67(53-22-7-2-8-23-53,54-24-9-3-10-25-54)62-32-16-18-34-64(62)68/h1-47H. The molecule has 0 saturated carbocycles. The predicted octanol–water partition coefficient (Wildman–Crippen LogP) is 17.2. The lowest BCUT2D eigenvalue weighted by Crippen LogP contribution is -2.44. The fraction of sp³-hybridized carbons (Fsp3) is 0.0294. The highest BCUT2D eigenvalue weighted by Gasteiger charge is 2.56. The minimum Gasteiger partial charge on any atom is -0.311 e. The SMILES string of the molecule is c1ccc(-c2ccc(-c3ccc(N(c4ccccc4)c4ccc(-c5cccc6c5-c5ccccc5C65c6ccccc6C(c6ccccc6)(c6ccccc6)c6ccccc65)cc4)cc3)cc2)cc1. The van der Waals surface area contributed by atoms with Gasteiger partial charge in [0.25, 0.3) is 0 Å². The number of nitrogens with zero attached hydrogens (tertiary/aromatic N) is 1. The topological polar surface area (TPSA) is 3.24 Å². The van der Waals surface area contributed by atoms with Gasteiger partial charge in [-0.25, -0.2) is 0 Å². The van der Waals surface area contributed by atoms with E-state index < -0.39 is 10.8 Å². The van der Waals surface area contributed by atoms with Crippen LogP contribution >= 0.6 is 0 Å². The van der Waals surface area contributed by atoms with Gasteiger partial charge in [-0.1, -0.05) is 249 Å². The van der Waals surface area contributed by atoms with Crippen molar-refractivity contribution in [1.82, 2.24) is 0 Å². The van der Waals surface area contributed by atoms with E-state index in [0.717, 1.165) is 17.1 Å². The zero-order valence-electron chi connectivity index (χ0n) is 38.1. The molecule has 0 saturated heterocycles. The van der Waals surface area contributed by atoms with Gasteiger partial charge in [0.15, 0.2) is 0 Å². The molecule has 13 rings (SSSR count). The molecule has 11 aromatic rings. The molecule has 0 amide bonds. The monoisotopic (exact) mass is 877 g/mol. The number of benzene rings is 11. The Morgan fingerprint density at radius 3 is 1.04 bits per heavy atom. The quantitative estimate of drug-likeness (QED) is 0.147. The summed E-state index contributed by atoms with van der Waals surface area (Å²) in [6.45, 7) is 0. The molecule has 0 aromatic heterocycles. The molecule has 0 fully saturated rings. The predicted molar refractivity (Wildman–Crippen MR) is 287 cm³/mol. The van der Waals surface area contributed by atoms with Crippen molar-refractivity contribution in [3.63, 3.8) is 0 Å². The maximum absolute atomic E-state index is 2.41. The second kappa shape index (κ2) is 16.5. The first kappa shape index (κ1) is 40.5. The molecule has 0 N–H and O–H groups in total. The van der Waals surface area contributed by atoms with Gasteiger partial charge >= 0.3 is 0 Å². The summed E-state index contributed by atoms with van der Waals surface area (Å²) in [7, 11) is 0. The molecule has 2 aliphatic carbocycles. The Bertz CT molecular complexity index is 3530. The number of para-hydroxylation sites is 1. The van der Waals surface area contributed by atoms with Crippen LogP contribution in [0.3, 0.4) is 0 Å². The van der Waals surface area contributed by atoms with Gasteiger partial charge in [-0.2, -0.15) is 0 Å². The van der Waals surface area contributed by atoms with Crippen molar-refractivity contribution in [3.05, 3.63) is 330 Å². The Hall–Kier alpha value is -8.78. The molecule has 0 unspecified atom stereocenters. The fourth-order valence-electron chi connectivity index (χ4n) is 12.0. The van der Waals surface area contributed by atoms with Crippen molar-refractivity contribution in [2.75, 3.05) is 4.90 Å². The Morgan fingerprint density at radius 2 is 0.536 bits per heavy atom. The van der Waals surface area contributed by atoms with Crippen molar-refractivity contribution >= 4 is 17.1 Å². The van der Waals surface area contributed by atoms with E-state index in [4.69, 9.17) is 0 Å². The summed E-state index contributed by atoms with van der Waals surface area (Å²) in [5.74, 6) is 0. The normalized spacial score (nSPS) is 13.4. The van der Waals surface area contributed by atoms with E-state index in [9.17, 15) is 0 Å². The van der Waals surface area contributed by atoms with E-state index >= 15 is 0 Å². The first-order valence-electron chi connectivity index (χ1n) is 24.0. The van der Waals surface area contributed by atoms with Crippen LogP contribution in [0.1, 0.15) is 44.5 Å². The van der Waals surface area contributed by atoms with Gasteiger partial charge in [0.1, 0.15) is 0 Å². The molecule has 0 heterocycles. The van der Waals surface area contributed by atoms with E-state index in [0.29, 0.717) is 0 Å². The second-order valence-corrected chi connectivity index (χ2v) is 18.3. The van der Waals surface area contributed by atoms with E-state index in [1.807, 2.05) is 0 Å². The smallest absolute Gasteiger partial charge is 0.0720 e. The maximum atomic E-state index is 2.41. The highest BCUT2D eigenvalue weighted by atomic mass is 15.1. The third-order valence-electron chi connectivity index (χ3n) is 14.9. The third-order valence-corrected chi connectivity index (χ3v) is 14.9. The molecule has 2 aliphatic rings. The molecule has 1 nitrogen and oxygen atoms in total. The van der Waals surface area contributed by atoms with Crippen LogP contribution in [0.15, 0.2) is 285 Å². The lowest BCUT2D eigenvalue weighted by molar-refractivity contribution is 0.623. The summed E-state index contributed by atoms with van der Waals surface area (Å²) in [4.78, 5) is 2.35. The molecule has 0 atom stereocenters. The molecular formula is C68H47N. The summed E-state index contributed by atoms with van der Waals surface area (Å²) >= 11 is 0. The van der Waals surface area contributed by atoms with Crippen molar-refractivity contribution in [3.8, 4) is 44.5 Å². The number of hydrogen-bond acceptors (Lipinski definition) is 1. The van der Waals surface area contributed by atoms with Crippen LogP contribution in [0.5, 0.6) is 0 Å². The van der Waals surface area contributed by atoms with Crippen LogP contribution in [0.25, 0.3) is 44.5 Å². The van der Waals surface area contributed by atoms with Crippen LogP contribution in [-0.2, 0) is 10.8 Å². The average molecular weight is 878 g/mol. The first-order chi connectivity index (χ1) is 34.2. The summed E-state index contributed by atoms with van der Waals surface area (Å²) in [5, 5.41) is 0. The zero-order chi connectivity index (χ0) is 45.8. The largest absolute Gasteiger partial charge is 0.311 e. The van der Waals surface area contributed by atoms with Gasteiger partial charge in [-0.15, -0.1) is 0 Å². The first-order valence-corrected chi connectivity index (χ1v) is 24.0. The molecule has 11 aromatic carbocycles. The number of fused-ring (bicyclic) bond motifs is 9. The Labute approximate surface area is 404 Å². The molecule has 324 valence electrons. The van der Waals surface area contributed by atoms with Gasteiger partial charge in [0, 0.05) is 17.1 Å². The van der Waals surface area contributed by atoms with Gasteiger partial charge in [0.2, 0.25) is 0 Å². The van der Waals surface area contributed by atoms with Crippen LogP contribution in [-0.4, -0.2) is 0 Å². The van der Waals surface area contributed by atoms with E-state index in [1.165, 1.54) is 89.0 Å². The van der Waals surface area contributed by atoms with Gasteiger partial charge < -0.3 is 4.90 Å². The van der Waals surface area contributed by atoms with Gasteiger partial charge in [-0.05, 0) is 125 Å². The zero-order valence-corrected chi connectivity index (χ0v) is 38.1. The van der Waals surface area contributed by atoms with Gasteiger partial charge in [0.05, 0.1) is 10.8 Å². The molecular weight excluding hydrogens is 831 g/mol. The Balaban J connectivity index is 0.936. The lowest BCUT2D eigenvalue weighted by atomic mass is 9.51. The minimum atomic E-state index is -0.553. The minimum absolute atomic E-state index is 0.537. The van der Waals surface area contributed by atoms with Crippen molar-refractivity contribution < 1.29 is 0 Å². The number of anilines is 3. The van der Waals surface area contributed by atoms with E-state index in [1.54, 1.807) is 0 Å². The Morgan fingerprint density at radius 1 is 0.203 bits per heavy atom. The second-order valence-electron chi connectivity index (χ2n) is 18.3. The van der Waals surface area contributed by atoms with Gasteiger partial charge in [-0.3, -0.25) is 0 Å². The summed E-state index contributed by atoms with van der Waals surface area (Å²) < 4.78 is 0. The average Bonchev–Trinajstić information content (AvgIpc) is 3.74. The van der Waals surface area contributed by atoms with E-state index in [-0.39, 0.29) is 0 Å². The van der Waals surface area contributed by atoms with Crippen molar-refractivity contribution in [2.24, 2.45) is 0 Å². The highest BCUT2D eigenvalue weighted by molar-refractivity contribution is 5.97. The number of rotatable bonds is 8. The Kier molecular flexibility index (Phi) is 9.70. The lowest BCUT2D eigenvalue weighted by Gasteiger charge is -2.50. The molecule has 69 heavy (non-hydrogen) atoms. The third kappa shape index (κ3) is 6.24. The summed E-state index contributed by atoms with van der Waals surface area (Å²) in [5.41, 5.74) is 22.5. The van der Waals surface area contributed by atoms with Crippen LogP contribution < -0.4 is 4.90 Å². The molecule has 0 radical (unpaired) electrons. The number of hydrogen-bond donors (Lipinski definition) is 0.